The molecule has 0 radical (unpaired) electrons. The molecule has 0 aromatic carbocycles. The average Bonchev–Trinajstić information content (AvgIpc) is 1.95. The van der Waals surface area contributed by atoms with Gasteiger partial charge in [-0.05, 0) is 22.0 Å². The predicted molar refractivity (Wildman–Crippen MR) is 41.4 cm³/mol. The molecule has 0 aliphatic carbocycles. The summed E-state index contributed by atoms with van der Waals surface area (Å²) in [4.78, 5) is 3.74. The monoisotopic (exact) mass is 204 g/mol. The maximum absolute atomic E-state index is 12.5. The second-order valence-corrected chi connectivity index (χ2v) is 2.59. The van der Waals surface area contributed by atoms with Crippen molar-refractivity contribution in [1.29, 1.82) is 0 Å². The molecule has 54 valence electrons. The quantitative estimate of drug-likeness (QED) is 0.758. The molecule has 1 N–H and O–H groups in total. The lowest BCUT2D eigenvalue weighted by Gasteiger charge is -1.98. The van der Waals surface area contributed by atoms with Crippen LogP contribution in [-0.2, 0) is 0 Å². The van der Waals surface area contributed by atoms with E-state index in [1.807, 2.05) is 0 Å². The molecule has 0 unspecified atom stereocenters. The minimum Gasteiger partial charge on any atom is -0.373 e. The molecule has 0 saturated carbocycles. The van der Waals surface area contributed by atoms with Crippen molar-refractivity contribution in [3.05, 3.63) is 22.6 Å². The first-order chi connectivity index (χ1) is 4.74. The van der Waals surface area contributed by atoms with Crippen LogP contribution in [0.3, 0.4) is 0 Å². The van der Waals surface area contributed by atoms with E-state index in [0.717, 1.165) is 6.20 Å². The molecule has 0 amide bonds. The van der Waals surface area contributed by atoms with Gasteiger partial charge in [0.2, 0.25) is 0 Å². The van der Waals surface area contributed by atoms with E-state index in [4.69, 9.17) is 0 Å². The molecule has 1 aromatic heterocycles. The van der Waals surface area contributed by atoms with Gasteiger partial charge in [0.05, 0.1) is 10.7 Å². The Morgan fingerprint density at radius 2 is 2.40 bits per heavy atom. The van der Waals surface area contributed by atoms with Gasteiger partial charge in [-0.1, -0.05) is 0 Å². The summed E-state index contributed by atoms with van der Waals surface area (Å²) in [5.41, 5.74) is 0. The highest BCUT2D eigenvalue weighted by atomic mass is 79.9. The van der Waals surface area contributed by atoms with E-state index in [2.05, 4.69) is 26.2 Å². The Labute approximate surface area is 66.6 Å². The van der Waals surface area contributed by atoms with Crippen molar-refractivity contribution in [3.63, 3.8) is 0 Å². The molecule has 1 rings (SSSR count). The Bertz CT molecular complexity index is 239. The van der Waals surface area contributed by atoms with Crippen LogP contribution in [-0.4, -0.2) is 12.0 Å². The Morgan fingerprint density at radius 1 is 1.70 bits per heavy atom. The van der Waals surface area contributed by atoms with E-state index in [-0.39, 0.29) is 5.82 Å². The van der Waals surface area contributed by atoms with Crippen LogP contribution >= 0.6 is 15.9 Å². The van der Waals surface area contributed by atoms with Crippen molar-refractivity contribution in [2.24, 2.45) is 0 Å². The Balaban J connectivity index is 3.04. The second kappa shape index (κ2) is 2.96. The molecule has 10 heavy (non-hydrogen) atoms. The molecular weight excluding hydrogens is 199 g/mol. The molecule has 4 heteroatoms. The minimum absolute atomic E-state index is 0.348. The average molecular weight is 205 g/mol. The molecule has 0 atom stereocenters. The maximum atomic E-state index is 12.5. The van der Waals surface area contributed by atoms with Crippen LogP contribution in [0.2, 0.25) is 0 Å². The van der Waals surface area contributed by atoms with Gasteiger partial charge in [0, 0.05) is 7.05 Å². The smallest absolute Gasteiger partial charge is 0.155 e. The van der Waals surface area contributed by atoms with E-state index < -0.39 is 0 Å². The minimum atomic E-state index is -0.348. The molecule has 0 aliphatic rings. The van der Waals surface area contributed by atoms with Crippen molar-refractivity contribution in [3.8, 4) is 0 Å². The number of aromatic nitrogens is 1. The zero-order valence-electron chi connectivity index (χ0n) is 5.36. The van der Waals surface area contributed by atoms with Crippen molar-refractivity contribution in [2.75, 3.05) is 12.4 Å². The molecule has 0 spiro atoms. The third kappa shape index (κ3) is 1.44. The summed E-state index contributed by atoms with van der Waals surface area (Å²) in [6.07, 6.45) is 1.16. The van der Waals surface area contributed by atoms with Crippen molar-refractivity contribution in [1.82, 2.24) is 4.98 Å². The van der Waals surface area contributed by atoms with E-state index in [1.54, 1.807) is 13.1 Å². The maximum Gasteiger partial charge on any atom is 0.155 e. The van der Waals surface area contributed by atoms with Gasteiger partial charge in [0.25, 0.3) is 0 Å². The Kier molecular flexibility index (Phi) is 2.21. The van der Waals surface area contributed by atoms with Crippen LogP contribution < -0.4 is 5.32 Å². The van der Waals surface area contributed by atoms with Crippen molar-refractivity contribution in [2.45, 2.75) is 0 Å². The largest absolute Gasteiger partial charge is 0.373 e. The third-order valence-corrected chi connectivity index (χ3v) is 1.67. The highest BCUT2D eigenvalue weighted by Crippen LogP contribution is 2.16. The normalized spacial score (nSPS) is 9.50. The van der Waals surface area contributed by atoms with E-state index in [1.165, 1.54) is 0 Å². The fourth-order valence-electron chi connectivity index (χ4n) is 0.551. The number of halogens is 2. The van der Waals surface area contributed by atoms with E-state index in [9.17, 15) is 4.39 Å². The lowest BCUT2D eigenvalue weighted by atomic mass is 10.4. The van der Waals surface area contributed by atoms with Crippen LogP contribution in [0, 0.1) is 5.82 Å². The summed E-state index contributed by atoms with van der Waals surface area (Å²) in [5, 5.41) is 2.79. The van der Waals surface area contributed by atoms with Crippen LogP contribution in [0.15, 0.2) is 16.7 Å². The standard InChI is InChI=1S/C6H6BrFN2/c1-9-6-2-4(7)5(8)3-10-6/h2-3H,1H3,(H,9,10). The number of hydrogen-bond donors (Lipinski definition) is 1. The highest BCUT2D eigenvalue weighted by Gasteiger charge is 1.98. The van der Waals surface area contributed by atoms with Crippen molar-refractivity contribution >= 4 is 21.7 Å². The summed E-state index contributed by atoms with van der Waals surface area (Å²) < 4.78 is 12.9. The van der Waals surface area contributed by atoms with Crippen molar-refractivity contribution < 1.29 is 4.39 Å². The fraction of sp³-hybridized carbons (Fsp3) is 0.167. The lowest BCUT2D eigenvalue weighted by molar-refractivity contribution is 0.615. The van der Waals surface area contributed by atoms with E-state index >= 15 is 0 Å². The molecule has 1 aromatic rings. The fourth-order valence-corrected chi connectivity index (χ4v) is 0.870. The van der Waals surface area contributed by atoms with Crippen LogP contribution in [0.1, 0.15) is 0 Å². The third-order valence-electron chi connectivity index (χ3n) is 1.06. The number of anilines is 1. The molecule has 0 bridgehead atoms. The SMILES string of the molecule is CNc1cc(Br)c(F)cn1. The summed E-state index contributed by atoms with van der Waals surface area (Å²) in [5.74, 6) is 0.298. The van der Waals surface area contributed by atoms with Crippen LogP contribution in [0.4, 0.5) is 10.2 Å². The van der Waals surface area contributed by atoms with E-state index in [0.29, 0.717) is 10.3 Å². The Hall–Kier alpha value is -0.640. The second-order valence-electron chi connectivity index (χ2n) is 1.73. The number of nitrogens with one attached hydrogen (secondary N) is 1. The summed E-state index contributed by atoms with van der Waals surface area (Å²) in [6, 6.07) is 1.58. The first-order valence-corrected chi connectivity index (χ1v) is 3.52. The zero-order valence-corrected chi connectivity index (χ0v) is 6.94. The first-order valence-electron chi connectivity index (χ1n) is 2.73. The van der Waals surface area contributed by atoms with Crippen LogP contribution in [0.5, 0.6) is 0 Å². The van der Waals surface area contributed by atoms with Gasteiger partial charge >= 0.3 is 0 Å². The van der Waals surface area contributed by atoms with Gasteiger partial charge in [0.1, 0.15) is 5.82 Å². The molecular formula is C6H6BrFN2. The molecule has 2 nitrogen and oxygen atoms in total. The van der Waals surface area contributed by atoms with Gasteiger partial charge in [-0.15, -0.1) is 0 Å². The van der Waals surface area contributed by atoms with Gasteiger partial charge in [-0.3, -0.25) is 0 Å². The van der Waals surface area contributed by atoms with Gasteiger partial charge in [-0.2, -0.15) is 0 Å². The summed E-state index contributed by atoms with van der Waals surface area (Å²) in [7, 11) is 1.73. The number of rotatable bonds is 1. The topological polar surface area (TPSA) is 24.9 Å². The summed E-state index contributed by atoms with van der Waals surface area (Å²) >= 11 is 3.03. The molecule has 0 saturated heterocycles. The zero-order chi connectivity index (χ0) is 7.56. The summed E-state index contributed by atoms with van der Waals surface area (Å²) in [6.45, 7) is 0. The number of hydrogen-bond acceptors (Lipinski definition) is 2. The molecule has 1 heterocycles. The highest BCUT2D eigenvalue weighted by molar-refractivity contribution is 9.10. The lowest BCUT2D eigenvalue weighted by Crippen LogP contribution is -1.92. The van der Waals surface area contributed by atoms with Gasteiger partial charge < -0.3 is 5.32 Å². The predicted octanol–water partition coefficient (Wildman–Crippen LogP) is 2.02. The molecule has 0 aliphatic heterocycles. The first kappa shape index (κ1) is 7.47. The number of nitrogens with zero attached hydrogens (tertiary/aromatic N) is 1. The Morgan fingerprint density at radius 3 is 2.90 bits per heavy atom. The molecule has 0 fully saturated rings. The number of pyridine rings is 1. The van der Waals surface area contributed by atoms with Gasteiger partial charge in [0.15, 0.2) is 5.82 Å². The van der Waals surface area contributed by atoms with Gasteiger partial charge in [-0.25, -0.2) is 9.37 Å². The van der Waals surface area contributed by atoms with Crippen LogP contribution in [0.25, 0.3) is 0 Å².